The number of hydrogen-bond donors (Lipinski definition) is 1. The predicted octanol–water partition coefficient (Wildman–Crippen LogP) is 2.18. The Kier molecular flexibility index (Phi) is 4.99. The Morgan fingerprint density at radius 3 is 2.26 bits per heavy atom. The first kappa shape index (κ1) is 16.0. The molecule has 1 aliphatic rings. The molecule has 0 saturated carbocycles. The van der Waals surface area contributed by atoms with Crippen LogP contribution < -0.4 is 5.32 Å². The van der Waals surface area contributed by atoms with Crippen molar-refractivity contribution < 1.29 is 9.59 Å². The quantitative estimate of drug-likeness (QED) is 0.849. The van der Waals surface area contributed by atoms with Gasteiger partial charge in [-0.25, -0.2) is 0 Å². The number of rotatable bonds is 4. The Bertz CT molecular complexity index is 345. The van der Waals surface area contributed by atoms with Crippen LogP contribution in [-0.4, -0.2) is 35.3 Å². The first-order chi connectivity index (χ1) is 8.68. The van der Waals surface area contributed by atoms with Gasteiger partial charge in [0.2, 0.25) is 11.8 Å². The van der Waals surface area contributed by atoms with Crippen LogP contribution in [0.2, 0.25) is 0 Å². The molecule has 0 spiro atoms. The summed E-state index contributed by atoms with van der Waals surface area (Å²) in [5.41, 5.74) is -0.251. The zero-order valence-corrected chi connectivity index (χ0v) is 13.1. The maximum absolute atomic E-state index is 12.6. The van der Waals surface area contributed by atoms with Crippen LogP contribution in [0.5, 0.6) is 0 Å². The third kappa shape index (κ3) is 3.71. The summed E-state index contributed by atoms with van der Waals surface area (Å²) >= 11 is 0. The molecule has 4 nitrogen and oxygen atoms in total. The van der Waals surface area contributed by atoms with Gasteiger partial charge in [-0.1, -0.05) is 48.0 Å². The lowest BCUT2D eigenvalue weighted by Crippen LogP contribution is -2.66. The minimum atomic E-state index is -0.410. The van der Waals surface area contributed by atoms with E-state index >= 15 is 0 Å². The monoisotopic (exact) mass is 268 g/mol. The van der Waals surface area contributed by atoms with E-state index in [4.69, 9.17) is 0 Å². The van der Waals surface area contributed by atoms with E-state index in [0.29, 0.717) is 12.5 Å². The van der Waals surface area contributed by atoms with Crippen molar-refractivity contribution in [3.63, 3.8) is 0 Å². The Labute approximate surface area is 116 Å². The van der Waals surface area contributed by atoms with Crippen LogP contribution in [0.25, 0.3) is 0 Å². The lowest BCUT2D eigenvalue weighted by Gasteiger charge is -2.44. The molecule has 110 valence electrons. The maximum Gasteiger partial charge on any atom is 0.246 e. The van der Waals surface area contributed by atoms with E-state index in [1.165, 1.54) is 0 Å². The summed E-state index contributed by atoms with van der Waals surface area (Å²) in [6, 6.07) is -0.703. The van der Waals surface area contributed by atoms with Gasteiger partial charge in [0, 0.05) is 6.54 Å². The van der Waals surface area contributed by atoms with Crippen molar-refractivity contribution in [3.05, 3.63) is 0 Å². The summed E-state index contributed by atoms with van der Waals surface area (Å²) in [6.07, 6.45) is 1.64. The summed E-state index contributed by atoms with van der Waals surface area (Å²) in [4.78, 5) is 26.7. The van der Waals surface area contributed by atoms with Crippen LogP contribution in [-0.2, 0) is 9.59 Å². The number of carbonyl (C=O) groups excluding carboxylic acids is 2. The maximum atomic E-state index is 12.6. The highest BCUT2D eigenvalue weighted by molar-refractivity contribution is 5.97. The smallest absolute Gasteiger partial charge is 0.246 e. The molecule has 4 heteroatoms. The van der Waals surface area contributed by atoms with Gasteiger partial charge in [0.15, 0.2) is 0 Å². The molecule has 2 unspecified atom stereocenters. The van der Waals surface area contributed by atoms with Crippen LogP contribution in [0.1, 0.15) is 54.4 Å². The second-order valence-corrected chi connectivity index (χ2v) is 7.00. The summed E-state index contributed by atoms with van der Waals surface area (Å²) in [5, 5.41) is 2.91. The third-order valence-electron chi connectivity index (χ3n) is 3.49. The van der Waals surface area contributed by atoms with E-state index in [2.05, 4.69) is 19.2 Å². The van der Waals surface area contributed by atoms with E-state index in [1.807, 2.05) is 27.7 Å². The van der Waals surface area contributed by atoms with Crippen LogP contribution in [0.15, 0.2) is 0 Å². The first-order valence-electron chi connectivity index (χ1n) is 7.29. The lowest BCUT2D eigenvalue weighted by atomic mass is 9.83. The minimum Gasteiger partial charge on any atom is -0.342 e. The molecular weight excluding hydrogens is 240 g/mol. The van der Waals surface area contributed by atoms with Crippen molar-refractivity contribution in [2.45, 2.75) is 66.5 Å². The normalized spacial score (nSPS) is 24.9. The van der Waals surface area contributed by atoms with E-state index in [-0.39, 0.29) is 23.3 Å². The summed E-state index contributed by atoms with van der Waals surface area (Å²) in [7, 11) is 0. The highest BCUT2D eigenvalue weighted by atomic mass is 16.2. The molecule has 0 aromatic carbocycles. The highest BCUT2D eigenvalue weighted by Gasteiger charge is 2.44. The molecule has 1 saturated heterocycles. The van der Waals surface area contributed by atoms with Gasteiger partial charge in [-0.15, -0.1) is 0 Å². The molecule has 2 atom stereocenters. The average Bonchev–Trinajstić information content (AvgIpc) is 2.26. The molecule has 0 aromatic rings. The standard InChI is InChI=1S/C15H28N2O2/c1-7-8-11-13(18)16-12(15(4,5)6)14(19)17(11)9-10(2)3/h10-12H,7-9H2,1-6H3,(H,16,18). The number of piperazine rings is 1. The van der Waals surface area contributed by atoms with Gasteiger partial charge in [-0.2, -0.15) is 0 Å². The third-order valence-corrected chi connectivity index (χ3v) is 3.49. The van der Waals surface area contributed by atoms with E-state index in [1.54, 1.807) is 4.90 Å². The number of carbonyl (C=O) groups is 2. The van der Waals surface area contributed by atoms with Gasteiger partial charge in [0.25, 0.3) is 0 Å². The molecule has 1 rings (SSSR count). The van der Waals surface area contributed by atoms with Gasteiger partial charge >= 0.3 is 0 Å². The van der Waals surface area contributed by atoms with Crippen molar-refractivity contribution in [2.75, 3.05) is 6.54 Å². The Morgan fingerprint density at radius 1 is 1.26 bits per heavy atom. The fourth-order valence-electron chi connectivity index (χ4n) is 2.52. The van der Waals surface area contributed by atoms with Crippen molar-refractivity contribution in [2.24, 2.45) is 11.3 Å². The van der Waals surface area contributed by atoms with Gasteiger partial charge in [0.05, 0.1) is 0 Å². The van der Waals surface area contributed by atoms with E-state index in [0.717, 1.165) is 12.8 Å². The fourth-order valence-corrected chi connectivity index (χ4v) is 2.52. The molecule has 0 aliphatic carbocycles. The number of nitrogens with zero attached hydrogens (tertiary/aromatic N) is 1. The predicted molar refractivity (Wildman–Crippen MR) is 76.6 cm³/mol. The molecule has 2 amide bonds. The molecular formula is C15H28N2O2. The van der Waals surface area contributed by atoms with Gasteiger partial charge < -0.3 is 10.2 Å². The largest absolute Gasteiger partial charge is 0.342 e. The van der Waals surface area contributed by atoms with Crippen molar-refractivity contribution in [1.29, 1.82) is 0 Å². The molecule has 0 aromatic heterocycles. The fraction of sp³-hybridized carbons (Fsp3) is 0.867. The summed E-state index contributed by atoms with van der Waals surface area (Å²) in [6.45, 7) is 12.8. The number of nitrogens with one attached hydrogen (secondary N) is 1. The Hall–Kier alpha value is -1.06. The second kappa shape index (κ2) is 5.93. The zero-order valence-electron chi connectivity index (χ0n) is 13.1. The summed E-state index contributed by atoms with van der Waals surface area (Å²) < 4.78 is 0. The second-order valence-electron chi connectivity index (χ2n) is 7.00. The van der Waals surface area contributed by atoms with Crippen LogP contribution in [0.3, 0.4) is 0 Å². The molecule has 0 bridgehead atoms. The average molecular weight is 268 g/mol. The minimum absolute atomic E-state index is 0.00188. The van der Waals surface area contributed by atoms with Crippen LogP contribution >= 0.6 is 0 Å². The van der Waals surface area contributed by atoms with E-state index < -0.39 is 6.04 Å². The lowest BCUT2D eigenvalue weighted by molar-refractivity contribution is -0.153. The molecule has 1 heterocycles. The van der Waals surface area contributed by atoms with Crippen LogP contribution in [0.4, 0.5) is 0 Å². The van der Waals surface area contributed by atoms with Crippen LogP contribution in [0, 0.1) is 11.3 Å². The van der Waals surface area contributed by atoms with E-state index in [9.17, 15) is 9.59 Å². The van der Waals surface area contributed by atoms with Crippen molar-refractivity contribution >= 4 is 11.8 Å². The Balaban J connectivity index is 3.01. The molecule has 19 heavy (non-hydrogen) atoms. The van der Waals surface area contributed by atoms with Gasteiger partial charge in [-0.3, -0.25) is 9.59 Å². The first-order valence-corrected chi connectivity index (χ1v) is 7.29. The highest BCUT2D eigenvalue weighted by Crippen LogP contribution is 2.26. The zero-order chi connectivity index (χ0) is 14.8. The molecule has 1 aliphatic heterocycles. The molecule has 1 fully saturated rings. The molecule has 0 radical (unpaired) electrons. The topological polar surface area (TPSA) is 49.4 Å². The Morgan fingerprint density at radius 2 is 1.84 bits per heavy atom. The van der Waals surface area contributed by atoms with Crippen molar-refractivity contribution in [1.82, 2.24) is 10.2 Å². The van der Waals surface area contributed by atoms with Gasteiger partial charge in [-0.05, 0) is 17.8 Å². The van der Waals surface area contributed by atoms with Crippen molar-refractivity contribution in [3.8, 4) is 0 Å². The SMILES string of the molecule is CCCC1C(=O)NC(C(C)(C)C)C(=O)N1CC(C)C. The van der Waals surface area contributed by atoms with Gasteiger partial charge in [0.1, 0.15) is 12.1 Å². The summed E-state index contributed by atoms with van der Waals surface area (Å²) in [5.74, 6) is 0.441. The molecule has 1 N–H and O–H groups in total. The number of hydrogen-bond acceptors (Lipinski definition) is 2. The number of amides is 2.